The molecule has 5 nitrogen and oxygen atoms in total. The van der Waals surface area contributed by atoms with Crippen molar-refractivity contribution in [2.75, 3.05) is 13.1 Å². The number of amides is 1. The van der Waals surface area contributed by atoms with Gasteiger partial charge < -0.3 is 20.8 Å². The highest BCUT2D eigenvalue weighted by molar-refractivity contribution is 5.95. The zero-order valence-electron chi connectivity index (χ0n) is 8.73. The maximum absolute atomic E-state index is 11.7. The monoisotopic (exact) mass is 222 g/mol. The topological polar surface area (TPSA) is 81.6 Å². The van der Waals surface area contributed by atoms with Crippen LogP contribution in [-0.2, 0) is 0 Å². The molecular formula is C11H14N2O3. The molecule has 1 aromatic rings. The molecule has 16 heavy (non-hydrogen) atoms. The number of benzene rings is 1. The van der Waals surface area contributed by atoms with Gasteiger partial charge in [0.2, 0.25) is 0 Å². The summed E-state index contributed by atoms with van der Waals surface area (Å²) in [5, 5.41) is 24.4. The number of nitrogens with one attached hydrogen (secondary N) is 2. The molecule has 1 aliphatic heterocycles. The number of aromatic hydroxyl groups is 2. The molecule has 1 atom stereocenters. The third-order valence-electron chi connectivity index (χ3n) is 2.63. The lowest BCUT2D eigenvalue weighted by molar-refractivity contribution is 0.0939. The van der Waals surface area contributed by atoms with Crippen molar-refractivity contribution < 1.29 is 15.0 Å². The van der Waals surface area contributed by atoms with Gasteiger partial charge in [0.05, 0.1) is 0 Å². The van der Waals surface area contributed by atoms with Gasteiger partial charge in [-0.25, -0.2) is 0 Å². The predicted molar refractivity (Wildman–Crippen MR) is 58.5 cm³/mol. The quantitative estimate of drug-likeness (QED) is 0.538. The molecule has 0 aromatic heterocycles. The number of hydrogen-bond donors (Lipinski definition) is 4. The SMILES string of the molecule is O=C(NC1CCNC1)c1ccc(O)c(O)c1. The maximum atomic E-state index is 11.7. The molecule has 0 radical (unpaired) electrons. The number of phenolic OH excluding ortho intramolecular Hbond substituents is 2. The van der Waals surface area contributed by atoms with Crippen LogP contribution in [0.5, 0.6) is 11.5 Å². The molecule has 0 aliphatic carbocycles. The van der Waals surface area contributed by atoms with Crippen molar-refractivity contribution in [3.63, 3.8) is 0 Å². The Morgan fingerprint density at radius 1 is 1.38 bits per heavy atom. The van der Waals surface area contributed by atoms with E-state index in [4.69, 9.17) is 5.11 Å². The van der Waals surface area contributed by atoms with Crippen molar-refractivity contribution in [1.82, 2.24) is 10.6 Å². The van der Waals surface area contributed by atoms with Crippen LogP contribution in [0.15, 0.2) is 18.2 Å². The van der Waals surface area contributed by atoms with Crippen LogP contribution in [0.1, 0.15) is 16.8 Å². The third-order valence-corrected chi connectivity index (χ3v) is 2.63. The van der Waals surface area contributed by atoms with Gasteiger partial charge in [-0.1, -0.05) is 0 Å². The van der Waals surface area contributed by atoms with E-state index in [1.165, 1.54) is 18.2 Å². The first kappa shape index (κ1) is 10.8. The number of phenols is 2. The fraction of sp³-hybridized carbons (Fsp3) is 0.364. The summed E-state index contributed by atoms with van der Waals surface area (Å²) in [4.78, 5) is 11.7. The Balaban J connectivity index is 2.05. The summed E-state index contributed by atoms with van der Waals surface area (Å²) in [5.41, 5.74) is 0.349. The Morgan fingerprint density at radius 2 is 2.19 bits per heavy atom. The number of carbonyl (C=O) groups excluding carboxylic acids is 1. The van der Waals surface area contributed by atoms with Gasteiger partial charge in [0.25, 0.3) is 5.91 Å². The van der Waals surface area contributed by atoms with Crippen molar-refractivity contribution in [1.29, 1.82) is 0 Å². The predicted octanol–water partition coefficient (Wildman–Crippen LogP) is 0.189. The number of carbonyl (C=O) groups is 1. The summed E-state index contributed by atoms with van der Waals surface area (Å²) in [6.45, 7) is 1.68. The molecule has 1 fully saturated rings. The molecule has 1 unspecified atom stereocenters. The second-order valence-electron chi connectivity index (χ2n) is 3.87. The minimum Gasteiger partial charge on any atom is -0.504 e. The summed E-state index contributed by atoms with van der Waals surface area (Å²) in [6.07, 6.45) is 0.913. The fourth-order valence-electron chi connectivity index (χ4n) is 1.71. The van der Waals surface area contributed by atoms with Gasteiger partial charge in [-0.05, 0) is 31.2 Å². The van der Waals surface area contributed by atoms with Gasteiger partial charge in [0, 0.05) is 18.2 Å². The zero-order chi connectivity index (χ0) is 11.5. The average molecular weight is 222 g/mol. The number of rotatable bonds is 2. The van der Waals surface area contributed by atoms with Crippen LogP contribution in [-0.4, -0.2) is 35.3 Å². The molecule has 1 aromatic carbocycles. The van der Waals surface area contributed by atoms with Gasteiger partial charge in [-0.3, -0.25) is 4.79 Å². The number of hydrogen-bond acceptors (Lipinski definition) is 4. The van der Waals surface area contributed by atoms with E-state index in [1.807, 2.05) is 0 Å². The van der Waals surface area contributed by atoms with Gasteiger partial charge in [0.1, 0.15) is 0 Å². The lowest BCUT2D eigenvalue weighted by Gasteiger charge is -2.11. The molecule has 1 aliphatic rings. The lowest BCUT2D eigenvalue weighted by Crippen LogP contribution is -2.36. The highest BCUT2D eigenvalue weighted by Crippen LogP contribution is 2.24. The van der Waals surface area contributed by atoms with Gasteiger partial charge in [-0.2, -0.15) is 0 Å². The zero-order valence-corrected chi connectivity index (χ0v) is 8.73. The largest absolute Gasteiger partial charge is 0.504 e. The highest BCUT2D eigenvalue weighted by atomic mass is 16.3. The molecule has 0 spiro atoms. The Morgan fingerprint density at radius 3 is 2.81 bits per heavy atom. The highest BCUT2D eigenvalue weighted by Gasteiger charge is 2.17. The Kier molecular flexibility index (Phi) is 2.96. The van der Waals surface area contributed by atoms with Crippen molar-refractivity contribution in [3.8, 4) is 11.5 Å². The van der Waals surface area contributed by atoms with Crippen LogP contribution in [0, 0.1) is 0 Å². The first-order valence-corrected chi connectivity index (χ1v) is 5.20. The van der Waals surface area contributed by atoms with Crippen molar-refractivity contribution in [2.45, 2.75) is 12.5 Å². The fourth-order valence-corrected chi connectivity index (χ4v) is 1.71. The van der Waals surface area contributed by atoms with Crippen LogP contribution in [0.25, 0.3) is 0 Å². The van der Waals surface area contributed by atoms with Crippen LogP contribution in [0.4, 0.5) is 0 Å². The van der Waals surface area contributed by atoms with E-state index in [9.17, 15) is 9.90 Å². The van der Waals surface area contributed by atoms with Gasteiger partial charge >= 0.3 is 0 Å². The molecule has 4 N–H and O–H groups in total. The van der Waals surface area contributed by atoms with Crippen LogP contribution >= 0.6 is 0 Å². The molecule has 1 saturated heterocycles. The molecule has 86 valence electrons. The maximum Gasteiger partial charge on any atom is 0.251 e. The molecule has 2 rings (SSSR count). The summed E-state index contributed by atoms with van der Waals surface area (Å²) in [5.74, 6) is -0.736. The molecule has 0 bridgehead atoms. The third kappa shape index (κ3) is 2.25. The van der Waals surface area contributed by atoms with E-state index in [1.54, 1.807) is 0 Å². The van der Waals surface area contributed by atoms with Crippen molar-refractivity contribution >= 4 is 5.91 Å². The van der Waals surface area contributed by atoms with E-state index < -0.39 is 0 Å². The average Bonchev–Trinajstić information content (AvgIpc) is 2.74. The van der Waals surface area contributed by atoms with Crippen LogP contribution in [0.2, 0.25) is 0 Å². The van der Waals surface area contributed by atoms with Crippen molar-refractivity contribution in [2.24, 2.45) is 0 Å². The van der Waals surface area contributed by atoms with Gasteiger partial charge in [-0.15, -0.1) is 0 Å². The molecule has 5 heteroatoms. The summed E-state index contributed by atoms with van der Waals surface area (Å²) in [6, 6.07) is 4.18. The Hall–Kier alpha value is -1.75. The Labute approximate surface area is 93.1 Å². The van der Waals surface area contributed by atoms with E-state index in [-0.39, 0.29) is 23.4 Å². The second kappa shape index (κ2) is 4.40. The first-order chi connectivity index (χ1) is 7.66. The van der Waals surface area contributed by atoms with E-state index in [2.05, 4.69) is 10.6 Å². The minimum absolute atomic E-state index is 0.142. The summed E-state index contributed by atoms with van der Waals surface area (Å²) >= 11 is 0. The van der Waals surface area contributed by atoms with Crippen LogP contribution in [0.3, 0.4) is 0 Å². The first-order valence-electron chi connectivity index (χ1n) is 5.20. The second-order valence-corrected chi connectivity index (χ2v) is 3.87. The van der Waals surface area contributed by atoms with Gasteiger partial charge in [0.15, 0.2) is 11.5 Å². The molecule has 1 heterocycles. The van der Waals surface area contributed by atoms with E-state index in [0.29, 0.717) is 5.56 Å². The molecule has 0 saturated carbocycles. The van der Waals surface area contributed by atoms with E-state index in [0.717, 1.165) is 19.5 Å². The normalized spacial score (nSPS) is 19.6. The summed E-state index contributed by atoms with van der Waals surface area (Å²) in [7, 11) is 0. The lowest BCUT2D eigenvalue weighted by atomic mass is 10.1. The summed E-state index contributed by atoms with van der Waals surface area (Å²) < 4.78 is 0. The van der Waals surface area contributed by atoms with Crippen molar-refractivity contribution in [3.05, 3.63) is 23.8 Å². The smallest absolute Gasteiger partial charge is 0.251 e. The minimum atomic E-state index is -0.280. The Bertz CT molecular complexity index is 400. The molecule has 1 amide bonds. The standard InChI is InChI=1S/C11H14N2O3/c14-9-2-1-7(5-10(9)15)11(16)13-8-3-4-12-6-8/h1-2,5,8,12,14-15H,3-4,6H2,(H,13,16). The van der Waals surface area contributed by atoms with Crippen LogP contribution < -0.4 is 10.6 Å². The molecular weight excluding hydrogens is 208 g/mol. The van der Waals surface area contributed by atoms with E-state index >= 15 is 0 Å².